The molecule has 8 heavy (non-hydrogen) atoms. The molecule has 0 unspecified atom stereocenters. The van der Waals surface area contributed by atoms with E-state index in [-0.39, 0.29) is 5.82 Å². The summed E-state index contributed by atoms with van der Waals surface area (Å²) in [4.78, 5) is 3.56. The summed E-state index contributed by atoms with van der Waals surface area (Å²) in [7, 11) is 0. The molecule has 3 heteroatoms. The average Bonchev–Trinajstić information content (AvgIpc) is 1.61. The molecule has 3 nitrogen and oxygen atoms in total. The van der Waals surface area contributed by atoms with Crippen LogP contribution in [0.4, 0.5) is 0 Å². The standard InChI is InChI=1S/C5H9N3/c1-4(6)3-8-5(2)7/h3H,1-2,6-7H2/b8-3-. The number of allylic oxidation sites excluding steroid dienone is 1. The molecule has 0 saturated heterocycles. The third kappa shape index (κ3) is 4.75. The number of rotatable bonds is 2. The Morgan fingerprint density at radius 1 is 1.38 bits per heavy atom. The number of hydrogen-bond acceptors (Lipinski definition) is 3. The van der Waals surface area contributed by atoms with Crippen molar-refractivity contribution in [3.63, 3.8) is 0 Å². The maximum absolute atomic E-state index is 5.10. The summed E-state index contributed by atoms with van der Waals surface area (Å²) >= 11 is 0. The zero-order chi connectivity index (χ0) is 6.57. The lowest BCUT2D eigenvalue weighted by molar-refractivity contribution is 1.27. The Kier molecular flexibility index (Phi) is 2.40. The Morgan fingerprint density at radius 3 is 2.00 bits per heavy atom. The van der Waals surface area contributed by atoms with Crippen molar-refractivity contribution in [2.45, 2.75) is 0 Å². The van der Waals surface area contributed by atoms with Crippen molar-refractivity contribution in [1.82, 2.24) is 0 Å². The Morgan fingerprint density at radius 2 is 1.88 bits per heavy atom. The zero-order valence-electron chi connectivity index (χ0n) is 4.59. The van der Waals surface area contributed by atoms with E-state index in [0.717, 1.165) is 0 Å². The molecule has 0 bridgehead atoms. The molecule has 0 aromatic heterocycles. The quantitative estimate of drug-likeness (QED) is 0.491. The van der Waals surface area contributed by atoms with E-state index in [0.29, 0.717) is 5.70 Å². The van der Waals surface area contributed by atoms with Crippen LogP contribution in [0.15, 0.2) is 29.7 Å². The van der Waals surface area contributed by atoms with Crippen LogP contribution in [0.5, 0.6) is 0 Å². The molecule has 0 aromatic rings. The molecule has 0 rings (SSSR count). The van der Waals surface area contributed by atoms with Gasteiger partial charge in [0.1, 0.15) is 5.82 Å². The molecule has 0 amide bonds. The Bertz CT molecular complexity index is 119. The van der Waals surface area contributed by atoms with E-state index in [1.807, 2.05) is 0 Å². The van der Waals surface area contributed by atoms with E-state index in [1.54, 1.807) is 0 Å². The number of nitrogens with zero attached hydrogens (tertiary/aromatic N) is 1. The third-order valence-electron chi connectivity index (χ3n) is 0.396. The Hall–Kier alpha value is -1.25. The Labute approximate surface area is 48.4 Å². The predicted octanol–water partition coefficient (Wildman–Crippen LogP) is -0.0405. The van der Waals surface area contributed by atoms with Gasteiger partial charge in [0.15, 0.2) is 0 Å². The summed E-state index contributed by atoms with van der Waals surface area (Å²) in [5.41, 5.74) is 10.5. The first-order valence-corrected chi connectivity index (χ1v) is 2.05. The van der Waals surface area contributed by atoms with Gasteiger partial charge < -0.3 is 11.5 Å². The summed E-state index contributed by atoms with van der Waals surface area (Å²) in [6.45, 7) is 6.67. The minimum absolute atomic E-state index is 0.233. The van der Waals surface area contributed by atoms with Gasteiger partial charge >= 0.3 is 0 Å². The van der Waals surface area contributed by atoms with Crippen LogP contribution in [0.25, 0.3) is 0 Å². The van der Waals surface area contributed by atoms with E-state index in [2.05, 4.69) is 18.2 Å². The lowest BCUT2D eigenvalue weighted by Crippen LogP contribution is -1.97. The van der Waals surface area contributed by atoms with Crippen LogP contribution in [0.3, 0.4) is 0 Å². The van der Waals surface area contributed by atoms with Crippen LogP contribution in [0.2, 0.25) is 0 Å². The van der Waals surface area contributed by atoms with Crippen molar-refractivity contribution in [2.24, 2.45) is 16.5 Å². The van der Waals surface area contributed by atoms with Gasteiger partial charge in [-0.1, -0.05) is 13.2 Å². The van der Waals surface area contributed by atoms with Crippen molar-refractivity contribution in [1.29, 1.82) is 0 Å². The predicted molar refractivity (Wildman–Crippen MR) is 35.1 cm³/mol. The maximum Gasteiger partial charge on any atom is 0.116 e. The highest BCUT2D eigenvalue weighted by molar-refractivity contribution is 5.76. The second-order valence-corrected chi connectivity index (χ2v) is 1.32. The van der Waals surface area contributed by atoms with Gasteiger partial charge in [-0.25, -0.2) is 4.99 Å². The van der Waals surface area contributed by atoms with Crippen molar-refractivity contribution in [2.75, 3.05) is 0 Å². The van der Waals surface area contributed by atoms with Crippen molar-refractivity contribution in [3.05, 3.63) is 24.7 Å². The SMILES string of the molecule is C=C(N)/C=N\C(=C)N. The van der Waals surface area contributed by atoms with Crippen LogP contribution in [0.1, 0.15) is 0 Å². The molecule has 0 atom stereocenters. The van der Waals surface area contributed by atoms with Gasteiger partial charge in [0.2, 0.25) is 0 Å². The van der Waals surface area contributed by atoms with Gasteiger partial charge in [-0.3, -0.25) is 0 Å². The van der Waals surface area contributed by atoms with Crippen LogP contribution >= 0.6 is 0 Å². The second-order valence-electron chi connectivity index (χ2n) is 1.32. The first-order chi connectivity index (χ1) is 3.63. The molecule has 0 saturated carbocycles. The van der Waals surface area contributed by atoms with E-state index < -0.39 is 0 Å². The third-order valence-corrected chi connectivity index (χ3v) is 0.396. The zero-order valence-corrected chi connectivity index (χ0v) is 4.59. The minimum atomic E-state index is 0.233. The lowest BCUT2D eigenvalue weighted by Gasteiger charge is -1.85. The molecule has 0 aromatic carbocycles. The highest BCUT2D eigenvalue weighted by Gasteiger charge is 1.73. The number of nitrogens with two attached hydrogens (primary N) is 2. The van der Waals surface area contributed by atoms with Gasteiger partial charge in [-0.2, -0.15) is 0 Å². The largest absolute Gasteiger partial charge is 0.398 e. The smallest absolute Gasteiger partial charge is 0.116 e. The van der Waals surface area contributed by atoms with Crippen LogP contribution in [-0.4, -0.2) is 6.21 Å². The average molecular weight is 111 g/mol. The molecule has 0 spiro atoms. The first kappa shape index (κ1) is 6.75. The fourth-order valence-electron chi connectivity index (χ4n) is 0.166. The summed E-state index contributed by atoms with van der Waals surface area (Å²) < 4.78 is 0. The molecule has 0 fully saturated rings. The summed E-state index contributed by atoms with van der Waals surface area (Å²) in [5, 5.41) is 0. The first-order valence-electron chi connectivity index (χ1n) is 2.05. The highest BCUT2D eigenvalue weighted by atomic mass is 14.9. The van der Waals surface area contributed by atoms with Gasteiger partial charge in [0, 0.05) is 5.70 Å². The molecule has 0 radical (unpaired) electrons. The van der Waals surface area contributed by atoms with Gasteiger partial charge in [0.05, 0.1) is 6.21 Å². The molecule has 4 N–H and O–H groups in total. The topological polar surface area (TPSA) is 64.4 Å². The molecule has 0 aliphatic rings. The fraction of sp³-hybridized carbons (Fsp3) is 0. The number of hydrogen-bond donors (Lipinski definition) is 2. The maximum atomic E-state index is 5.10. The monoisotopic (exact) mass is 111 g/mol. The van der Waals surface area contributed by atoms with Crippen molar-refractivity contribution < 1.29 is 0 Å². The normalized spacial score (nSPS) is 9.50. The second kappa shape index (κ2) is 2.85. The van der Waals surface area contributed by atoms with Crippen LogP contribution < -0.4 is 11.5 Å². The van der Waals surface area contributed by atoms with E-state index in [9.17, 15) is 0 Å². The molecule has 44 valence electrons. The van der Waals surface area contributed by atoms with Gasteiger partial charge in [-0.05, 0) is 0 Å². The summed E-state index contributed by atoms with van der Waals surface area (Å²) in [5.74, 6) is 0.233. The van der Waals surface area contributed by atoms with Gasteiger partial charge in [-0.15, -0.1) is 0 Å². The molecular weight excluding hydrogens is 102 g/mol. The van der Waals surface area contributed by atoms with Crippen molar-refractivity contribution in [3.8, 4) is 0 Å². The molecule has 0 heterocycles. The Balaban J connectivity index is 3.67. The highest BCUT2D eigenvalue weighted by Crippen LogP contribution is 1.77. The molecule has 0 aliphatic heterocycles. The van der Waals surface area contributed by atoms with Gasteiger partial charge in [0.25, 0.3) is 0 Å². The number of aliphatic imine (C=N–C) groups is 1. The van der Waals surface area contributed by atoms with E-state index in [4.69, 9.17) is 11.5 Å². The summed E-state index contributed by atoms with van der Waals surface area (Å²) in [6.07, 6.45) is 1.35. The van der Waals surface area contributed by atoms with E-state index in [1.165, 1.54) is 6.21 Å². The van der Waals surface area contributed by atoms with Crippen LogP contribution in [0, 0.1) is 0 Å². The minimum Gasteiger partial charge on any atom is -0.398 e. The van der Waals surface area contributed by atoms with Crippen LogP contribution in [-0.2, 0) is 0 Å². The lowest BCUT2D eigenvalue weighted by atomic mass is 10.6. The summed E-state index contributed by atoms with van der Waals surface area (Å²) in [6, 6.07) is 0. The van der Waals surface area contributed by atoms with Crippen molar-refractivity contribution >= 4 is 6.21 Å². The molecule has 0 aliphatic carbocycles. The molecular formula is C5H9N3. The van der Waals surface area contributed by atoms with E-state index >= 15 is 0 Å². The fourth-order valence-corrected chi connectivity index (χ4v) is 0.166.